The molecular weight excluding hydrogens is 326 g/mol. The summed E-state index contributed by atoms with van der Waals surface area (Å²) in [5, 5.41) is 0. The Morgan fingerprint density at radius 3 is 1.84 bits per heavy atom. The van der Waals surface area contributed by atoms with Crippen molar-refractivity contribution in [1.29, 1.82) is 0 Å². The minimum Gasteiger partial charge on any atom is -0.263 e. The molecule has 3 rings (SSSR count). The van der Waals surface area contributed by atoms with Crippen LogP contribution in [0.3, 0.4) is 0 Å². The van der Waals surface area contributed by atoms with E-state index in [2.05, 4.69) is 44.9 Å². The molecule has 0 fully saturated rings. The third-order valence-electron chi connectivity index (χ3n) is 3.19. The van der Waals surface area contributed by atoms with Crippen LogP contribution in [0.5, 0.6) is 0 Å². The summed E-state index contributed by atoms with van der Waals surface area (Å²) in [6.07, 6.45) is 9.01. The van der Waals surface area contributed by atoms with Crippen LogP contribution in [-0.4, -0.2) is 21.2 Å². The molecule has 0 saturated heterocycles. The maximum Gasteiger partial charge on any atom is 0.115 e. The Hall–Kier alpha value is -3.08. The predicted molar refractivity (Wildman–Crippen MR) is 102 cm³/mol. The maximum absolute atomic E-state index is 4.55. The summed E-state index contributed by atoms with van der Waals surface area (Å²) >= 11 is 1.76. The van der Waals surface area contributed by atoms with Crippen LogP contribution >= 0.6 is 11.8 Å². The van der Waals surface area contributed by atoms with Gasteiger partial charge in [0.15, 0.2) is 0 Å². The van der Waals surface area contributed by atoms with Crippen LogP contribution in [0.25, 0.3) is 0 Å². The lowest BCUT2D eigenvalue weighted by atomic mass is 10.2. The van der Waals surface area contributed by atoms with Crippen molar-refractivity contribution >= 4 is 11.8 Å². The van der Waals surface area contributed by atoms with Gasteiger partial charge in [0.1, 0.15) is 11.4 Å². The third kappa shape index (κ3) is 5.21. The number of thioether (sulfide) groups is 1. The summed E-state index contributed by atoms with van der Waals surface area (Å²) in [6, 6.07) is 11.6. The predicted octanol–water partition coefficient (Wildman–Crippen LogP) is 3.53. The molecule has 0 aliphatic rings. The molecule has 0 unspecified atom stereocenters. The second-order valence-electron chi connectivity index (χ2n) is 5.16. The van der Waals surface area contributed by atoms with Crippen LogP contribution in [-0.2, 0) is 5.75 Å². The molecule has 0 N–H and O–H groups in total. The average molecular weight is 341 g/mol. The molecule has 0 aliphatic heterocycles. The van der Waals surface area contributed by atoms with E-state index in [9.17, 15) is 0 Å². The van der Waals surface area contributed by atoms with Crippen molar-refractivity contribution in [3.8, 4) is 23.7 Å². The molecule has 0 amide bonds. The van der Waals surface area contributed by atoms with E-state index in [0.29, 0.717) is 11.4 Å². The van der Waals surface area contributed by atoms with Gasteiger partial charge in [-0.15, -0.1) is 0 Å². The van der Waals surface area contributed by atoms with Gasteiger partial charge in [0.2, 0.25) is 0 Å². The second kappa shape index (κ2) is 8.68. The van der Waals surface area contributed by atoms with Crippen LogP contribution < -0.4 is 0 Å². The number of nitrogens with zero attached hydrogens (tertiary/aromatic N) is 3. The molecule has 3 heterocycles. The highest BCUT2D eigenvalue weighted by molar-refractivity contribution is 7.97. The van der Waals surface area contributed by atoms with Gasteiger partial charge < -0.3 is 0 Å². The standard InChI is InChI=1S/C21H15N3S/c1-25-16-19-12-20(8-6-17-4-2-10-22-14-17)24-21(13-19)9-7-18-5-3-11-23-15-18/h2-5,10-15H,16H2,1H3. The number of hydrogen-bond donors (Lipinski definition) is 0. The number of pyridine rings is 3. The summed E-state index contributed by atoms with van der Waals surface area (Å²) in [7, 11) is 0. The number of hydrogen-bond acceptors (Lipinski definition) is 4. The van der Waals surface area contributed by atoms with Crippen LogP contribution in [0, 0.1) is 23.7 Å². The van der Waals surface area contributed by atoms with E-state index in [0.717, 1.165) is 22.4 Å². The zero-order chi connectivity index (χ0) is 17.3. The average Bonchev–Trinajstić information content (AvgIpc) is 2.67. The van der Waals surface area contributed by atoms with E-state index in [1.807, 2.05) is 36.4 Å². The van der Waals surface area contributed by atoms with Gasteiger partial charge in [-0.1, -0.05) is 11.8 Å². The van der Waals surface area contributed by atoms with Gasteiger partial charge in [0, 0.05) is 41.7 Å². The maximum atomic E-state index is 4.55. The van der Waals surface area contributed by atoms with Gasteiger partial charge in [-0.2, -0.15) is 11.8 Å². The normalized spacial score (nSPS) is 9.48. The van der Waals surface area contributed by atoms with Gasteiger partial charge in [-0.3, -0.25) is 9.97 Å². The Kier molecular flexibility index (Phi) is 5.82. The number of aromatic nitrogens is 3. The van der Waals surface area contributed by atoms with Gasteiger partial charge in [-0.25, -0.2) is 4.98 Å². The summed E-state index contributed by atoms with van der Waals surface area (Å²) in [6.45, 7) is 0. The highest BCUT2D eigenvalue weighted by atomic mass is 32.2. The first-order valence-corrected chi connectivity index (χ1v) is 9.07. The topological polar surface area (TPSA) is 38.7 Å². The molecule has 3 aromatic heterocycles. The zero-order valence-electron chi connectivity index (χ0n) is 13.7. The van der Waals surface area contributed by atoms with E-state index < -0.39 is 0 Å². The first-order valence-electron chi connectivity index (χ1n) is 7.67. The molecule has 0 saturated carbocycles. The van der Waals surface area contributed by atoms with Crippen LogP contribution in [0.4, 0.5) is 0 Å². The van der Waals surface area contributed by atoms with Crippen molar-refractivity contribution in [3.05, 3.63) is 89.3 Å². The first kappa shape index (κ1) is 16.8. The molecule has 0 aliphatic carbocycles. The summed E-state index contributed by atoms with van der Waals surface area (Å²) in [5.41, 5.74) is 4.32. The highest BCUT2D eigenvalue weighted by Gasteiger charge is 2.00. The number of rotatable bonds is 2. The van der Waals surface area contributed by atoms with Crippen molar-refractivity contribution in [2.75, 3.05) is 6.26 Å². The van der Waals surface area contributed by atoms with Crippen molar-refractivity contribution in [2.45, 2.75) is 5.75 Å². The van der Waals surface area contributed by atoms with E-state index in [4.69, 9.17) is 0 Å². The fourth-order valence-electron chi connectivity index (χ4n) is 2.11. The molecule has 0 radical (unpaired) electrons. The monoisotopic (exact) mass is 341 g/mol. The summed E-state index contributed by atoms with van der Waals surface area (Å²) in [5.74, 6) is 13.3. The van der Waals surface area contributed by atoms with Gasteiger partial charge in [0.25, 0.3) is 0 Å². The Bertz CT molecular complexity index is 886. The van der Waals surface area contributed by atoms with Gasteiger partial charge >= 0.3 is 0 Å². The molecule has 4 heteroatoms. The zero-order valence-corrected chi connectivity index (χ0v) is 14.5. The Balaban J connectivity index is 1.93. The Morgan fingerprint density at radius 1 is 0.840 bits per heavy atom. The van der Waals surface area contributed by atoms with Crippen LogP contribution in [0.15, 0.2) is 61.2 Å². The van der Waals surface area contributed by atoms with E-state index in [1.54, 1.807) is 36.5 Å². The largest absolute Gasteiger partial charge is 0.263 e. The van der Waals surface area contributed by atoms with Crippen molar-refractivity contribution in [1.82, 2.24) is 15.0 Å². The van der Waals surface area contributed by atoms with Gasteiger partial charge in [0.05, 0.1) is 0 Å². The highest BCUT2D eigenvalue weighted by Crippen LogP contribution is 2.12. The molecule has 120 valence electrons. The molecule has 0 spiro atoms. The van der Waals surface area contributed by atoms with Crippen molar-refractivity contribution < 1.29 is 0 Å². The molecule has 3 aromatic rings. The van der Waals surface area contributed by atoms with Crippen LogP contribution in [0.1, 0.15) is 28.1 Å². The molecule has 0 bridgehead atoms. The second-order valence-corrected chi connectivity index (χ2v) is 6.03. The van der Waals surface area contributed by atoms with Crippen LogP contribution in [0.2, 0.25) is 0 Å². The van der Waals surface area contributed by atoms with E-state index in [1.165, 1.54) is 0 Å². The fourth-order valence-corrected chi connectivity index (χ4v) is 2.61. The summed E-state index contributed by atoms with van der Waals surface area (Å²) < 4.78 is 0. The molecule has 25 heavy (non-hydrogen) atoms. The molecule has 0 aromatic carbocycles. The Labute approximate surface area is 152 Å². The fraction of sp³-hybridized carbons (Fsp3) is 0.0952. The minimum absolute atomic E-state index is 0.714. The van der Waals surface area contributed by atoms with E-state index >= 15 is 0 Å². The van der Waals surface area contributed by atoms with E-state index in [-0.39, 0.29) is 0 Å². The lowest BCUT2D eigenvalue weighted by molar-refractivity contribution is 1.21. The molecule has 0 atom stereocenters. The molecular formula is C21H15N3S. The molecule has 3 nitrogen and oxygen atoms in total. The summed E-state index contributed by atoms with van der Waals surface area (Å²) in [4.78, 5) is 12.7. The van der Waals surface area contributed by atoms with Gasteiger partial charge in [-0.05, 0) is 60.1 Å². The Morgan fingerprint density at radius 2 is 1.40 bits per heavy atom. The lowest BCUT2D eigenvalue weighted by Crippen LogP contribution is -1.93. The minimum atomic E-state index is 0.714. The van der Waals surface area contributed by atoms with Crippen molar-refractivity contribution in [3.63, 3.8) is 0 Å². The quantitative estimate of drug-likeness (QED) is 0.669. The first-order chi connectivity index (χ1) is 12.3. The SMILES string of the molecule is CSCc1cc(C#Cc2cccnc2)nc(C#Cc2cccnc2)c1. The lowest BCUT2D eigenvalue weighted by Gasteiger charge is -2.01. The van der Waals surface area contributed by atoms with Crippen molar-refractivity contribution in [2.24, 2.45) is 0 Å². The third-order valence-corrected chi connectivity index (χ3v) is 3.81. The smallest absolute Gasteiger partial charge is 0.115 e.